The van der Waals surface area contributed by atoms with Gasteiger partial charge in [0.15, 0.2) is 5.75 Å². The maximum atomic E-state index is 13.5. The van der Waals surface area contributed by atoms with Crippen LogP contribution in [0.15, 0.2) is 16.9 Å². The number of aromatic amines is 1. The molecule has 0 bridgehead atoms. The van der Waals surface area contributed by atoms with Gasteiger partial charge in [0.1, 0.15) is 6.10 Å². The number of aromatic nitrogens is 1. The average molecular weight is 467 g/mol. The zero-order valence-electron chi connectivity index (χ0n) is 17.0. The molecule has 1 aromatic carbocycles. The largest absolute Gasteiger partial charge is 0.485 e. The fourth-order valence-corrected chi connectivity index (χ4v) is 4.77. The van der Waals surface area contributed by atoms with E-state index in [2.05, 4.69) is 4.98 Å². The van der Waals surface area contributed by atoms with Crippen LogP contribution in [0.4, 0.5) is 0 Å². The van der Waals surface area contributed by atoms with Crippen LogP contribution in [0.1, 0.15) is 53.0 Å². The zero-order chi connectivity index (χ0) is 21.4. The van der Waals surface area contributed by atoms with Gasteiger partial charge in [0.25, 0.3) is 11.5 Å². The van der Waals surface area contributed by atoms with Gasteiger partial charge in [-0.2, -0.15) is 0 Å². The molecule has 4 rings (SSSR count). The second kappa shape index (κ2) is 9.63. The standard InChI is InChI=1S/C22H24Cl2N2O4.CH4/c1-12-8-13(2)25-21(27)16(12)10-26-6-3-4-14-9-17(23)20(19(24)18(14)22(26)28)30-15-5-7-29-11-15;/h8-9,15H,3-7,10-11H2,1-2H3,(H,25,27);1H4/t15-;/m1./s1. The highest BCUT2D eigenvalue weighted by Crippen LogP contribution is 2.41. The molecule has 168 valence electrons. The summed E-state index contributed by atoms with van der Waals surface area (Å²) >= 11 is 13.1. The highest BCUT2D eigenvalue weighted by Gasteiger charge is 2.30. The lowest BCUT2D eigenvalue weighted by Crippen LogP contribution is -2.33. The molecule has 6 nitrogen and oxygen atoms in total. The second-order valence-corrected chi connectivity index (χ2v) is 8.70. The summed E-state index contributed by atoms with van der Waals surface area (Å²) < 4.78 is 11.3. The Bertz CT molecular complexity index is 1040. The number of aryl methyl sites for hydroxylation is 3. The van der Waals surface area contributed by atoms with Crippen molar-refractivity contribution < 1.29 is 14.3 Å². The fourth-order valence-electron chi connectivity index (χ4n) is 4.10. The van der Waals surface area contributed by atoms with E-state index >= 15 is 0 Å². The van der Waals surface area contributed by atoms with Crippen molar-refractivity contribution in [3.8, 4) is 5.75 Å². The first-order valence-electron chi connectivity index (χ1n) is 10.1. The van der Waals surface area contributed by atoms with Crippen LogP contribution in [0.5, 0.6) is 5.75 Å². The van der Waals surface area contributed by atoms with Crippen molar-refractivity contribution in [3.05, 3.63) is 60.5 Å². The molecule has 1 N–H and O–H groups in total. The van der Waals surface area contributed by atoms with Crippen LogP contribution < -0.4 is 10.3 Å². The van der Waals surface area contributed by atoms with E-state index in [0.717, 1.165) is 29.7 Å². The Morgan fingerprint density at radius 3 is 2.71 bits per heavy atom. The van der Waals surface area contributed by atoms with Crippen LogP contribution in [0.2, 0.25) is 10.0 Å². The minimum Gasteiger partial charge on any atom is -0.485 e. The van der Waals surface area contributed by atoms with Gasteiger partial charge in [0.2, 0.25) is 0 Å². The molecule has 8 heteroatoms. The number of halogens is 2. The quantitative estimate of drug-likeness (QED) is 0.708. The highest BCUT2D eigenvalue weighted by atomic mass is 35.5. The predicted molar refractivity (Wildman–Crippen MR) is 123 cm³/mol. The van der Waals surface area contributed by atoms with Gasteiger partial charge in [0.05, 0.1) is 35.4 Å². The number of fused-ring (bicyclic) bond motifs is 1. The molecular formula is C23H28Cl2N2O4. The van der Waals surface area contributed by atoms with Crippen LogP contribution >= 0.6 is 23.2 Å². The number of ether oxygens (including phenoxy) is 2. The van der Waals surface area contributed by atoms with Crippen LogP contribution in [0.25, 0.3) is 0 Å². The van der Waals surface area contributed by atoms with Crippen molar-refractivity contribution in [3.63, 3.8) is 0 Å². The summed E-state index contributed by atoms with van der Waals surface area (Å²) in [4.78, 5) is 30.4. The minimum atomic E-state index is -0.212. The lowest BCUT2D eigenvalue weighted by molar-refractivity contribution is 0.0747. The summed E-state index contributed by atoms with van der Waals surface area (Å²) in [6.07, 6.45) is 2.04. The van der Waals surface area contributed by atoms with E-state index in [1.54, 1.807) is 11.0 Å². The topological polar surface area (TPSA) is 71.6 Å². The number of hydrogen-bond donors (Lipinski definition) is 1. The zero-order valence-corrected chi connectivity index (χ0v) is 18.5. The molecule has 1 atom stereocenters. The summed E-state index contributed by atoms with van der Waals surface area (Å²) in [5.41, 5.74) is 3.29. The number of carbonyl (C=O) groups excluding carboxylic acids is 1. The van der Waals surface area contributed by atoms with E-state index in [9.17, 15) is 9.59 Å². The third kappa shape index (κ3) is 4.76. The first-order chi connectivity index (χ1) is 14.3. The van der Waals surface area contributed by atoms with E-state index in [-0.39, 0.29) is 36.6 Å². The van der Waals surface area contributed by atoms with Crippen LogP contribution in [0.3, 0.4) is 0 Å². The SMILES string of the molecule is C.Cc1cc(C)c(CN2CCCc3cc(Cl)c(O[C@@H]4CCOC4)c(Cl)c3C2=O)c(=O)[nH]1. The van der Waals surface area contributed by atoms with Crippen LogP contribution in [-0.4, -0.2) is 41.7 Å². The molecule has 1 fully saturated rings. The van der Waals surface area contributed by atoms with Gasteiger partial charge >= 0.3 is 0 Å². The Kier molecular flexibility index (Phi) is 7.35. The first-order valence-corrected chi connectivity index (χ1v) is 10.8. The molecule has 1 amide bonds. The number of pyridine rings is 1. The lowest BCUT2D eigenvalue weighted by atomic mass is 10.0. The summed E-state index contributed by atoms with van der Waals surface area (Å²) in [6.45, 7) is 5.58. The maximum Gasteiger partial charge on any atom is 0.256 e. The summed E-state index contributed by atoms with van der Waals surface area (Å²) in [6, 6.07) is 3.69. The van der Waals surface area contributed by atoms with Gasteiger partial charge in [-0.1, -0.05) is 30.6 Å². The highest BCUT2D eigenvalue weighted by molar-refractivity contribution is 6.39. The van der Waals surface area contributed by atoms with E-state index in [4.69, 9.17) is 32.7 Å². The lowest BCUT2D eigenvalue weighted by Gasteiger charge is -2.23. The van der Waals surface area contributed by atoms with Gasteiger partial charge in [-0.05, 0) is 49.9 Å². The Balaban J connectivity index is 0.00000272. The van der Waals surface area contributed by atoms with E-state index in [0.29, 0.717) is 48.1 Å². The number of nitrogens with one attached hydrogen (secondary N) is 1. The molecule has 0 unspecified atom stereocenters. The number of amides is 1. The van der Waals surface area contributed by atoms with Crippen molar-refractivity contribution >= 4 is 29.1 Å². The second-order valence-electron chi connectivity index (χ2n) is 7.91. The molecule has 0 aliphatic carbocycles. The van der Waals surface area contributed by atoms with Crippen molar-refractivity contribution in [2.75, 3.05) is 19.8 Å². The number of hydrogen-bond acceptors (Lipinski definition) is 4. The Hall–Kier alpha value is -2.02. The molecule has 0 radical (unpaired) electrons. The molecule has 0 saturated carbocycles. The third-order valence-electron chi connectivity index (χ3n) is 5.65. The molecule has 2 aromatic rings. The van der Waals surface area contributed by atoms with Gasteiger partial charge < -0.3 is 19.4 Å². The minimum absolute atomic E-state index is 0. The van der Waals surface area contributed by atoms with Crippen LogP contribution in [0, 0.1) is 13.8 Å². The normalized spacial score (nSPS) is 18.4. The monoisotopic (exact) mass is 466 g/mol. The number of rotatable bonds is 4. The number of nitrogens with zero attached hydrogens (tertiary/aromatic N) is 1. The van der Waals surface area contributed by atoms with Gasteiger partial charge in [0, 0.05) is 24.2 Å². The molecule has 2 aliphatic heterocycles. The third-order valence-corrected chi connectivity index (χ3v) is 6.29. The summed E-state index contributed by atoms with van der Waals surface area (Å²) in [5, 5.41) is 0.633. The Morgan fingerprint density at radius 1 is 1.26 bits per heavy atom. The molecular weight excluding hydrogens is 439 g/mol. The number of H-pyrrole nitrogens is 1. The van der Waals surface area contributed by atoms with E-state index in [1.165, 1.54) is 0 Å². The van der Waals surface area contributed by atoms with Gasteiger partial charge in [-0.25, -0.2) is 0 Å². The van der Waals surface area contributed by atoms with E-state index in [1.807, 2.05) is 19.9 Å². The molecule has 0 spiro atoms. The predicted octanol–water partition coefficient (Wildman–Crippen LogP) is 4.69. The molecule has 3 heterocycles. The number of carbonyl (C=O) groups is 1. The Morgan fingerprint density at radius 2 is 2.03 bits per heavy atom. The van der Waals surface area contributed by atoms with Crippen molar-refractivity contribution in [2.45, 2.75) is 53.2 Å². The van der Waals surface area contributed by atoms with E-state index < -0.39 is 0 Å². The molecule has 1 saturated heterocycles. The van der Waals surface area contributed by atoms with Gasteiger partial charge in [-0.15, -0.1) is 0 Å². The summed E-state index contributed by atoms with van der Waals surface area (Å²) in [7, 11) is 0. The molecule has 31 heavy (non-hydrogen) atoms. The van der Waals surface area contributed by atoms with Gasteiger partial charge in [-0.3, -0.25) is 9.59 Å². The van der Waals surface area contributed by atoms with Crippen molar-refractivity contribution in [2.24, 2.45) is 0 Å². The van der Waals surface area contributed by atoms with Crippen molar-refractivity contribution in [1.29, 1.82) is 0 Å². The smallest absolute Gasteiger partial charge is 0.256 e. The molecule has 1 aromatic heterocycles. The fraction of sp³-hybridized carbons (Fsp3) is 0.478. The first kappa shape index (κ1) is 23.6. The summed E-state index contributed by atoms with van der Waals surface area (Å²) in [5.74, 6) is 0.114. The molecule has 2 aliphatic rings. The van der Waals surface area contributed by atoms with Crippen molar-refractivity contribution in [1.82, 2.24) is 9.88 Å². The van der Waals surface area contributed by atoms with Crippen LogP contribution in [-0.2, 0) is 17.7 Å². The maximum absolute atomic E-state index is 13.5. The Labute approximate surface area is 192 Å². The average Bonchev–Trinajstić information content (AvgIpc) is 3.13. The number of benzene rings is 1.